The number of β-amino-alcohol motifs (C(OH)–C–C–N with tert-alkyl or cyclic N) is 2. The molecule has 0 radical (unpaired) electrons. The Kier molecular flexibility index (Phi) is 17.2. The Labute approximate surface area is 252 Å². The highest BCUT2D eigenvalue weighted by Crippen LogP contribution is 2.24. The number of alkyl halides is 1. The van der Waals surface area contributed by atoms with E-state index in [1.54, 1.807) is 0 Å². The first-order valence-corrected chi connectivity index (χ1v) is 14.7. The predicted molar refractivity (Wildman–Crippen MR) is 164 cm³/mol. The summed E-state index contributed by atoms with van der Waals surface area (Å²) in [6.07, 6.45) is 3.97. The quantitative estimate of drug-likeness (QED) is 0.308. The van der Waals surface area contributed by atoms with Crippen molar-refractivity contribution in [3.05, 3.63) is 58.6 Å². The molecule has 38 heavy (non-hydrogen) atoms. The third-order valence-electron chi connectivity index (χ3n) is 6.00. The van der Waals surface area contributed by atoms with Crippen molar-refractivity contribution in [1.82, 2.24) is 10.2 Å². The highest BCUT2D eigenvalue weighted by Gasteiger charge is 2.28. The van der Waals surface area contributed by atoms with E-state index in [9.17, 15) is 10.2 Å². The number of piperidine rings is 2. The lowest BCUT2D eigenvalue weighted by molar-refractivity contribution is -0.0183. The average Bonchev–Trinajstić information content (AvgIpc) is 2.85. The molecule has 2 atom stereocenters. The maximum atomic E-state index is 10.0. The molecule has 0 amide bonds. The van der Waals surface area contributed by atoms with Gasteiger partial charge in [0, 0.05) is 25.0 Å². The van der Waals surface area contributed by atoms with Crippen molar-refractivity contribution in [2.24, 2.45) is 0 Å². The van der Waals surface area contributed by atoms with E-state index in [1.807, 2.05) is 62.4 Å². The van der Waals surface area contributed by atoms with Crippen LogP contribution in [-0.2, 0) is 0 Å². The van der Waals surface area contributed by atoms with Gasteiger partial charge in [0.25, 0.3) is 0 Å². The van der Waals surface area contributed by atoms with Crippen LogP contribution in [0, 0.1) is 0 Å². The Morgan fingerprint density at radius 1 is 0.895 bits per heavy atom. The standard InChI is InChI=1S/C14H20ClNO2.C8H8BrClO.C6H13NO.ClH/c1-14(17)7-4-8-16(11-14)9-10-18-13-6-3-2-5-12(13)15;9-5-6-11-8-4-2-1-3-7(8)10;1-6(8)3-2-4-7-5-6;/h2-3,5-6,17H,4,7-11H2,1H3;1-4H,5-6H2;7-8H,2-5H2,1H3;1H. The molecule has 0 saturated carbocycles. The van der Waals surface area contributed by atoms with Gasteiger partial charge in [-0.3, -0.25) is 4.90 Å². The lowest BCUT2D eigenvalue weighted by Gasteiger charge is -2.36. The molecule has 2 aliphatic rings. The minimum atomic E-state index is -0.553. The molecular formula is C28H42BrCl3N2O4. The van der Waals surface area contributed by atoms with Gasteiger partial charge in [-0.25, -0.2) is 0 Å². The molecule has 0 aromatic heterocycles. The second kappa shape index (κ2) is 18.6. The van der Waals surface area contributed by atoms with Crippen molar-refractivity contribution in [3.8, 4) is 11.5 Å². The molecular weight excluding hydrogens is 615 g/mol. The van der Waals surface area contributed by atoms with E-state index in [1.165, 1.54) is 0 Å². The predicted octanol–water partition coefficient (Wildman–Crippen LogP) is 6.22. The second-order valence-electron chi connectivity index (χ2n) is 9.90. The molecule has 0 spiro atoms. The summed E-state index contributed by atoms with van der Waals surface area (Å²) < 4.78 is 11.0. The van der Waals surface area contributed by atoms with Crippen LogP contribution >= 0.6 is 51.5 Å². The van der Waals surface area contributed by atoms with Gasteiger partial charge < -0.3 is 25.0 Å². The van der Waals surface area contributed by atoms with Gasteiger partial charge in [-0.2, -0.15) is 0 Å². The van der Waals surface area contributed by atoms with Crippen LogP contribution in [0.5, 0.6) is 11.5 Å². The molecule has 0 bridgehead atoms. The van der Waals surface area contributed by atoms with Gasteiger partial charge in [-0.15, -0.1) is 12.4 Å². The number of halogens is 4. The molecule has 2 aliphatic heterocycles. The zero-order valence-corrected chi connectivity index (χ0v) is 26.2. The van der Waals surface area contributed by atoms with Gasteiger partial charge >= 0.3 is 0 Å². The first-order valence-electron chi connectivity index (χ1n) is 12.8. The summed E-state index contributed by atoms with van der Waals surface area (Å²) in [6.45, 7) is 9.40. The second-order valence-corrected chi connectivity index (χ2v) is 11.5. The van der Waals surface area contributed by atoms with Crippen LogP contribution in [0.15, 0.2) is 48.5 Å². The lowest BCUT2D eigenvalue weighted by atomic mass is 9.95. The third-order valence-corrected chi connectivity index (χ3v) is 6.95. The molecule has 4 rings (SSSR count). The Morgan fingerprint density at radius 3 is 1.89 bits per heavy atom. The normalized spacial score (nSPS) is 23.0. The van der Waals surface area contributed by atoms with Gasteiger partial charge in [-0.1, -0.05) is 63.4 Å². The van der Waals surface area contributed by atoms with Gasteiger partial charge in [0.1, 0.15) is 18.1 Å². The van der Waals surface area contributed by atoms with E-state index in [-0.39, 0.29) is 12.4 Å². The zero-order valence-electron chi connectivity index (χ0n) is 22.3. The van der Waals surface area contributed by atoms with E-state index < -0.39 is 11.2 Å². The lowest BCUT2D eigenvalue weighted by Crippen LogP contribution is -2.47. The minimum Gasteiger partial charge on any atom is -0.491 e. The van der Waals surface area contributed by atoms with Crippen LogP contribution in [0.3, 0.4) is 0 Å². The summed E-state index contributed by atoms with van der Waals surface area (Å²) in [5, 5.41) is 24.6. The van der Waals surface area contributed by atoms with E-state index in [4.69, 9.17) is 32.7 Å². The molecule has 2 saturated heterocycles. The molecule has 2 fully saturated rings. The third kappa shape index (κ3) is 14.6. The number of nitrogens with zero attached hydrogens (tertiary/aromatic N) is 1. The van der Waals surface area contributed by atoms with Crippen molar-refractivity contribution < 1.29 is 19.7 Å². The fraction of sp³-hybridized carbons (Fsp3) is 0.571. The Balaban J connectivity index is 0.000000309. The summed E-state index contributed by atoms with van der Waals surface area (Å²) in [4.78, 5) is 2.24. The van der Waals surface area contributed by atoms with E-state index in [0.29, 0.717) is 23.3 Å². The molecule has 2 unspecified atom stereocenters. The zero-order chi connectivity index (χ0) is 27.2. The number of likely N-dealkylation sites (tertiary alicyclic amines) is 1. The smallest absolute Gasteiger partial charge is 0.137 e. The van der Waals surface area contributed by atoms with E-state index >= 15 is 0 Å². The topological polar surface area (TPSA) is 74.2 Å². The minimum absolute atomic E-state index is 0. The maximum absolute atomic E-state index is 10.0. The molecule has 6 nitrogen and oxygen atoms in total. The SMILES string of the molecule is CC1(O)CCCN(CCOc2ccccc2Cl)C1.CC1(O)CCCNC1.Cl.Clc1ccccc1OCCBr. The molecule has 2 heterocycles. The van der Waals surface area contributed by atoms with Crippen LogP contribution in [0.4, 0.5) is 0 Å². The number of ether oxygens (including phenoxy) is 2. The fourth-order valence-electron chi connectivity index (χ4n) is 4.11. The number of rotatable bonds is 7. The van der Waals surface area contributed by atoms with Gasteiger partial charge in [-0.05, 0) is 76.9 Å². The van der Waals surface area contributed by atoms with Gasteiger partial charge in [0.15, 0.2) is 0 Å². The molecule has 2 aromatic rings. The molecule has 3 N–H and O–H groups in total. The number of nitrogens with one attached hydrogen (secondary N) is 1. The number of benzene rings is 2. The molecule has 0 aliphatic carbocycles. The average molecular weight is 657 g/mol. The Hall–Kier alpha value is -0.770. The number of hydrogen-bond acceptors (Lipinski definition) is 6. The number of para-hydroxylation sites is 2. The van der Waals surface area contributed by atoms with Crippen LogP contribution in [0.2, 0.25) is 10.0 Å². The van der Waals surface area contributed by atoms with Crippen molar-refractivity contribution >= 4 is 51.5 Å². The molecule has 216 valence electrons. The van der Waals surface area contributed by atoms with Gasteiger partial charge in [0.2, 0.25) is 0 Å². The first kappa shape index (κ1) is 35.3. The van der Waals surface area contributed by atoms with Crippen LogP contribution in [0.25, 0.3) is 0 Å². The van der Waals surface area contributed by atoms with Crippen molar-refractivity contribution in [2.45, 2.75) is 50.7 Å². The summed E-state index contributed by atoms with van der Waals surface area (Å²) in [5.74, 6) is 1.47. The molecule has 2 aromatic carbocycles. The van der Waals surface area contributed by atoms with Crippen LogP contribution in [0.1, 0.15) is 39.5 Å². The van der Waals surface area contributed by atoms with E-state index in [2.05, 4.69) is 26.1 Å². The number of aliphatic hydroxyl groups is 2. The highest BCUT2D eigenvalue weighted by molar-refractivity contribution is 9.09. The summed E-state index contributed by atoms with van der Waals surface area (Å²) >= 11 is 15.1. The summed E-state index contributed by atoms with van der Waals surface area (Å²) in [6, 6.07) is 14.9. The maximum Gasteiger partial charge on any atom is 0.137 e. The first-order chi connectivity index (χ1) is 17.6. The largest absolute Gasteiger partial charge is 0.491 e. The van der Waals surface area contributed by atoms with Crippen molar-refractivity contribution in [2.75, 3.05) is 51.3 Å². The highest BCUT2D eigenvalue weighted by atomic mass is 79.9. The molecule has 10 heteroatoms. The summed E-state index contributed by atoms with van der Waals surface area (Å²) in [5.41, 5.74) is -0.985. The van der Waals surface area contributed by atoms with Gasteiger partial charge in [0.05, 0.1) is 27.9 Å². The summed E-state index contributed by atoms with van der Waals surface area (Å²) in [7, 11) is 0. The van der Waals surface area contributed by atoms with Crippen LogP contribution in [-0.4, -0.2) is 77.6 Å². The Morgan fingerprint density at radius 2 is 1.45 bits per heavy atom. The monoisotopic (exact) mass is 654 g/mol. The van der Waals surface area contributed by atoms with Crippen molar-refractivity contribution in [1.29, 1.82) is 0 Å². The fourth-order valence-corrected chi connectivity index (χ4v) is 4.65. The number of hydrogen-bond donors (Lipinski definition) is 3. The van der Waals surface area contributed by atoms with Crippen molar-refractivity contribution in [3.63, 3.8) is 0 Å². The van der Waals surface area contributed by atoms with E-state index in [0.717, 1.165) is 75.2 Å². The Bertz CT molecular complexity index is 913. The van der Waals surface area contributed by atoms with Crippen LogP contribution < -0.4 is 14.8 Å².